The molecule has 1 aliphatic rings. The highest BCUT2D eigenvalue weighted by atomic mass is 16.5. The van der Waals surface area contributed by atoms with Gasteiger partial charge in [0, 0.05) is 24.2 Å². The van der Waals surface area contributed by atoms with Gasteiger partial charge in [-0.15, -0.1) is 0 Å². The van der Waals surface area contributed by atoms with E-state index in [0.29, 0.717) is 25.7 Å². The summed E-state index contributed by atoms with van der Waals surface area (Å²) in [5.41, 5.74) is -0.472. The fourth-order valence-corrected chi connectivity index (χ4v) is 2.66. The van der Waals surface area contributed by atoms with E-state index in [1.807, 2.05) is 20.8 Å². The van der Waals surface area contributed by atoms with Gasteiger partial charge in [0.1, 0.15) is 11.6 Å². The Labute approximate surface area is 114 Å². The number of esters is 1. The van der Waals surface area contributed by atoms with E-state index >= 15 is 0 Å². The highest BCUT2D eigenvalue weighted by Gasteiger charge is 2.37. The van der Waals surface area contributed by atoms with Gasteiger partial charge in [0.2, 0.25) is 0 Å². The lowest BCUT2D eigenvalue weighted by Gasteiger charge is -2.32. The van der Waals surface area contributed by atoms with Gasteiger partial charge in [-0.05, 0) is 18.8 Å². The quantitative estimate of drug-likeness (QED) is 0.735. The van der Waals surface area contributed by atoms with Crippen molar-refractivity contribution in [2.45, 2.75) is 52.9 Å². The smallest absolute Gasteiger partial charge is 0.306 e. The van der Waals surface area contributed by atoms with Crippen LogP contribution in [0, 0.1) is 17.3 Å². The second-order valence-corrected chi connectivity index (χ2v) is 6.38. The molecule has 0 aromatic heterocycles. The molecule has 0 aromatic rings. The van der Waals surface area contributed by atoms with Gasteiger partial charge in [-0.25, -0.2) is 0 Å². The summed E-state index contributed by atoms with van der Waals surface area (Å²) < 4.78 is 4.70. The van der Waals surface area contributed by atoms with Crippen LogP contribution in [0.1, 0.15) is 52.9 Å². The second kappa shape index (κ2) is 6.31. The Bertz CT molecular complexity index is 355. The number of hydrogen-bond acceptors (Lipinski definition) is 4. The molecule has 0 amide bonds. The van der Waals surface area contributed by atoms with Gasteiger partial charge >= 0.3 is 5.97 Å². The summed E-state index contributed by atoms with van der Waals surface area (Å²) in [4.78, 5) is 35.3. The molecule has 19 heavy (non-hydrogen) atoms. The van der Waals surface area contributed by atoms with Gasteiger partial charge in [-0.2, -0.15) is 0 Å². The van der Waals surface area contributed by atoms with Crippen molar-refractivity contribution < 1.29 is 19.1 Å². The van der Waals surface area contributed by atoms with Crippen LogP contribution >= 0.6 is 0 Å². The summed E-state index contributed by atoms with van der Waals surface area (Å²) in [5.74, 6) is -0.183. The number of hydrogen-bond donors (Lipinski definition) is 0. The van der Waals surface area contributed by atoms with Gasteiger partial charge in [0.25, 0.3) is 0 Å². The first kappa shape index (κ1) is 15.9. The van der Waals surface area contributed by atoms with Crippen LogP contribution in [0.4, 0.5) is 0 Å². The fraction of sp³-hybridized carbons (Fsp3) is 0.800. The maximum Gasteiger partial charge on any atom is 0.306 e. The van der Waals surface area contributed by atoms with E-state index in [-0.39, 0.29) is 35.8 Å². The lowest BCUT2D eigenvalue weighted by atomic mass is 9.71. The molecule has 1 unspecified atom stereocenters. The summed E-state index contributed by atoms with van der Waals surface area (Å²) in [6, 6.07) is 0. The molecule has 0 radical (unpaired) electrons. The Morgan fingerprint density at radius 2 is 1.79 bits per heavy atom. The van der Waals surface area contributed by atoms with Gasteiger partial charge in [-0.3, -0.25) is 14.4 Å². The monoisotopic (exact) mass is 268 g/mol. The Hall–Kier alpha value is -1.19. The lowest BCUT2D eigenvalue weighted by molar-refractivity contribution is -0.147. The SMILES string of the molecule is COC(=O)CC(C(=O)C(C)(C)C)C1CCC(=O)CC1. The molecule has 1 atom stereocenters. The summed E-state index contributed by atoms with van der Waals surface area (Å²) in [6.07, 6.45) is 2.61. The topological polar surface area (TPSA) is 60.4 Å². The van der Waals surface area contributed by atoms with Crippen LogP contribution < -0.4 is 0 Å². The predicted molar refractivity (Wildman–Crippen MR) is 71.6 cm³/mol. The van der Waals surface area contributed by atoms with Crippen LogP contribution in [0.2, 0.25) is 0 Å². The van der Waals surface area contributed by atoms with Crippen molar-refractivity contribution in [1.82, 2.24) is 0 Å². The lowest BCUT2D eigenvalue weighted by Crippen LogP contribution is -2.36. The van der Waals surface area contributed by atoms with Gasteiger partial charge < -0.3 is 4.74 Å². The van der Waals surface area contributed by atoms with E-state index in [4.69, 9.17) is 4.74 Å². The highest BCUT2D eigenvalue weighted by molar-refractivity contribution is 5.89. The molecular formula is C15H24O4. The molecule has 0 heterocycles. The van der Waals surface area contributed by atoms with E-state index in [0.717, 1.165) is 0 Å². The van der Waals surface area contributed by atoms with Crippen LogP contribution in [0.15, 0.2) is 0 Å². The molecule has 1 aliphatic carbocycles. The molecule has 0 aromatic carbocycles. The van der Waals surface area contributed by atoms with Crippen LogP contribution in [0.3, 0.4) is 0 Å². The average molecular weight is 268 g/mol. The van der Waals surface area contributed by atoms with Crippen molar-refractivity contribution in [2.75, 3.05) is 7.11 Å². The molecule has 1 fully saturated rings. The number of methoxy groups -OCH3 is 1. The zero-order valence-corrected chi connectivity index (χ0v) is 12.3. The minimum atomic E-state index is -0.472. The molecular weight excluding hydrogens is 244 g/mol. The first-order valence-electron chi connectivity index (χ1n) is 6.88. The van der Waals surface area contributed by atoms with Crippen LogP contribution in [0.5, 0.6) is 0 Å². The predicted octanol–water partition coefficient (Wildman–Crippen LogP) is 2.54. The van der Waals surface area contributed by atoms with Gasteiger partial charge in [-0.1, -0.05) is 20.8 Å². The van der Waals surface area contributed by atoms with Crippen LogP contribution in [-0.2, 0) is 19.1 Å². The summed E-state index contributed by atoms with van der Waals surface area (Å²) in [5, 5.41) is 0. The number of Topliss-reactive ketones (excluding diaryl/α,β-unsaturated/α-hetero) is 2. The first-order valence-corrected chi connectivity index (χ1v) is 6.88. The molecule has 1 rings (SSSR count). The van der Waals surface area contributed by atoms with Gasteiger partial charge in [0.05, 0.1) is 13.5 Å². The molecule has 108 valence electrons. The third kappa shape index (κ3) is 4.44. The normalized spacial score (nSPS) is 19.1. The summed E-state index contributed by atoms with van der Waals surface area (Å²) in [6.45, 7) is 5.61. The number of carbonyl (C=O) groups excluding carboxylic acids is 3. The molecule has 0 N–H and O–H groups in total. The minimum absolute atomic E-state index is 0.0947. The molecule has 0 saturated heterocycles. The molecule has 1 saturated carbocycles. The van der Waals surface area contributed by atoms with E-state index in [1.54, 1.807) is 0 Å². The fourth-order valence-electron chi connectivity index (χ4n) is 2.66. The minimum Gasteiger partial charge on any atom is -0.469 e. The second-order valence-electron chi connectivity index (χ2n) is 6.38. The largest absolute Gasteiger partial charge is 0.469 e. The Kier molecular flexibility index (Phi) is 5.27. The van der Waals surface area contributed by atoms with Crippen molar-refractivity contribution >= 4 is 17.5 Å². The highest BCUT2D eigenvalue weighted by Crippen LogP contribution is 2.35. The summed E-state index contributed by atoms with van der Waals surface area (Å²) in [7, 11) is 1.34. The number of ether oxygens (including phenoxy) is 1. The zero-order valence-electron chi connectivity index (χ0n) is 12.3. The van der Waals surface area contributed by atoms with Crippen molar-refractivity contribution in [3.63, 3.8) is 0 Å². The molecule has 4 heteroatoms. The van der Waals surface area contributed by atoms with Crippen LogP contribution in [-0.4, -0.2) is 24.6 Å². The van der Waals surface area contributed by atoms with Crippen LogP contribution in [0.25, 0.3) is 0 Å². The first-order chi connectivity index (χ1) is 8.75. The number of carbonyl (C=O) groups is 3. The van der Waals surface area contributed by atoms with E-state index in [2.05, 4.69) is 0 Å². The number of rotatable bonds is 4. The van der Waals surface area contributed by atoms with E-state index in [1.165, 1.54) is 7.11 Å². The maximum absolute atomic E-state index is 12.5. The van der Waals surface area contributed by atoms with Gasteiger partial charge in [0.15, 0.2) is 0 Å². The summed E-state index contributed by atoms with van der Waals surface area (Å²) >= 11 is 0. The third-order valence-corrected chi connectivity index (χ3v) is 3.85. The third-order valence-electron chi connectivity index (χ3n) is 3.85. The van der Waals surface area contributed by atoms with Crippen molar-refractivity contribution in [2.24, 2.45) is 17.3 Å². The Balaban J connectivity index is 2.83. The number of ketones is 2. The standard InChI is InChI=1S/C15H24O4/c1-15(2,3)14(18)12(9-13(17)19-4)10-5-7-11(16)8-6-10/h10,12H,5-9H2,1-4H3. The van der Waals surface area contributed by atoms with E-state index in [9.17, 15) is 14.4 Å². The molecule has 0 spiro atoms. The Morgan fingerprint density at radius 1 is 1.26 bits per heavy atom. The molecule has 0 bridgehead atoms. The average Bonchev–Trinajstić information content (AvgIpc) is 2.35. The van der Waals surface area contributed by atoms with Crippen molar-refractivity contribution in [1.29, 1.82) is 0 Å². The molecule has 0 aliphatic heterocycles. The van der Waals surface area contributed by atoms with Crippen molar-refractivity contribution in [3.8, 4) is 0 Å². The zero-order chi connectivity index (χ0) is 14.6. The Morgan fingerprint density at radius 3 is 2.21 bits per heavy atom. The maximum atomic E-state index is 12.5. The molecule has 4 nitrogen and oxygen atoms in total. The van der Waals surface area contributed by atoms with Crippen molar-refractivity contribution in [3.05, 3.63) is 0 Å². The van der Waals surface area contributed by atoms with E-state index < -0.39 is 5.41 Å².